The summed E-state index contributed by atoms with van der Waals surface area (Å²) in [5.41, 5.74) is 0.598. The van der Waals surface area contributed by atoms with Gasteiger partial charge in [-0.1, -0.05) is 27.7 Å². The molecule has 16 heavy (non-hydrogen) atoms. The highest BCUT2D eigenvalue weighted by molar-refractivity contribution is 4.91. The zero-order valence-electron chi connectivity index (χ0n) is 11.9. The molecule has 0 amide bonds. The first-order chi connectivity index (χ1) is 7.45. The summed E-state index contributed by atoms with van der Waals surface area (Å²) in [6.07, 6.45) is 2.65. The molecule has 0 spiro atoms. The van der Waals surface area contributed by atoms with Gasteiger partial charge in [0.1, 0.15) is 0 Å². The molecule has 1 aliphatic rings. The standard InChI is InChI=1S/C14H30N2/c1-6-8-16-11-14(4,12-16)7-9-15(5)10-13(2)3/h13H,6-12H2,1-5H3. The molecule has 0 aromatic heterocycles. The van der Waals surface area contributed by atoms with E-state index in [0.717, 1.165) is 5.92 Å². The molecule has 0 N–H and O–H groups in total. The van der Waals surface area contributed by atoms with Crippen LogP contribution in [0.5, 0.6) is 0 Å². The van der Waals surface area contributed by atoms with Crippen LogP contribution >= 0.6 is 0 Å². The highest BCUT2D eigenvalue weighted by Gasteiger charge is 2.37. The van der Waals surface area contributed by atoms with Crippen LogP contribution in [0.1, 0.15) is 40.5 Å². The normalized spacial score (nSPS) is 20.4. The molecule has 1 heterocycles. The van der Waals surface area contributed by atoms with E-state index in [0.29, 0.717) is 5.41 Å². The lowest BCUT2D eigenvalue weighted by molar-refractivity contribution is 0.00299. The van der Waals surface area contributed by atoms with E-state index in [4.69, 9.17) is 0 Å². The van der Waals surface area contributed by atoms with Gasteiger partial charge in [-0.3, -0.25) is 0 Å². The van der Waals surface area contributed by atoms with Gasteiger partial charge in [0.2, 0.25) is 0 Å². The first-order valence-electron chi connectivity index (χ1n) is 6.86. The van der Waals surface area contributed by atoms with Crippen molar-refractivity contribution < 1.29 is 0 Å². The van der Waals surface area contributed by atoms with E-state index in [-0.39, 0.29) is 0 Å². The van der Waals surface area contributed by atoms with Crippen LogP contribution in [-0.2, 0) is 0 Å². The molecule has 0 aliphatic carbocycles. The van der Waals surface area contributed by atoms with Gasteiger partial charge >= 0.3 is 0 Å². The summed E-state index contributed by atoms with van der Waals surface area (Å²) in [5, 5.41) is 0. The predicted octanol–water partition coefficient (Wildman–Crippen LogP) is 2.70. The van der Waals surface area contributed by atoms with Crippen molar-refractivity contribution in [1.82, 2.24) is 9.80 Å². The number of rotatable bonds is 7. The maximum absolute atomic E-state index is 2.59. The quantitative estimate of drug-likeness (QED) is 0.658. The summed E-state index contributed by atoms with van der Waals surface area (Å²) in [6, 6.07) is 0. The van der Waals surface area contributed by atoms with Crippen molar-refractivity contribution in [3.05, 3.63) is 0 Å². The lowest BCUT2D eigenvalue weighted by Gasteiger charge is -2.49. The van der Waals surface area contributed by atoms with Gasteiger partial charge in [-0.25, -0.2) is 0 Å². The summed E-state index contributed by atoms with van der Waals surface area (Å²) in [4.78, 5) is 5.07. The van der Waals surface area contributed by atoms with Gasteiger partial charge in [-0.15, -0.1) is 0 Å². The topological polar surface area (TPSA) is 6.48 Å². The summed E-state index contributed by atoms with van der Waals surface area (Å²) in [6.45, 7) is 15.7. The second-order valence-electron chi connectivity index (χ2n) is 6.43. The van der Waals surface area contributed by atoms with E-state index >= 15 is 0 Å². The van der Waals surface area contributed by atoms with E-state index in [1.54, 1.807) is 0 Å². The third-order valence-corrected chi connectivity index (χ3v) is 3.52. The molecule has 0 radical (unpaired) electrons. The highest BCUT2D eigenvalue weighted by Crippen LogP contribution is 2.33. The Hall–Kier alpha value is -0.0800. The zero-order valence-corrected chi connectivity index (χ0v) is 11.9. The van der Waals surface area contributed by atoms with Gasteiger partial charge in [0.25, 0.3) is 0 Å². The molecule has 1 aliphatic heterocycles. The first kappa shape index (κ1) is 14.0. The fourth-order valence-corrected chi connectivity index (χ4v) is 2.84. The largest absolute Gasteiger partial charge is 0.306 e. The molecular weight excluding hydrogens is 196 g/mol. The zero-order chi connectivity index (χ0) is 12.2. The van der Waals surface area contributed by atoms with E-state index in [9.17, 15) is 0 Å². The first-order valence-corrected chi connectivity index (χ1v) is 6.86. The van der Waals surface area contributed by atoms with Crippen LogP contribution in [0.3, 0.4) is 0 Å². The average Bonchev–Trinajstić information content (AvgIpc) is 2.12. The molecule has 0 aromatic rings. The second-order valence-corrected chi connectivity index (χ2v) is 6.43. The minimum atomic E-state index is 0.598. The summed E-state index contributed by atoms with van der Waals surface area (Å²) < 4.78 is 0. The fraction of sp³-hybridized carbons (Fsp3) is 1.00. The van der Waals surface area contributed by atoms with Crippen molar-refractivity contribution in [3.8, 4) is 0 Å². The Balaban J connectivity index is 2.14. The predicted molar refractivity (Wildman–Crippen MR) is 71.8 cm³/mol. The third-order valence-electron chi connectivity index (χ3n) is 3.52. The molecule has 1 rings (SSSR count). The Morgan fingerprint density at radius 1 is 1.31 bits per heavy atom. The summed E-state index contributed by atoms with van der Waals surface area (Å²) in [5.74, 6) is 0.788. The molecular formula is C14H30N2. The molecule has 0 saturated carbocycles. The molecule has 2 heteroatoms. The molecule has 1 fully saturated rings. The van der Waals surface area contributed by atoms with Gasteiger partial charge in [-0.05, 0) is 44.3 Å². The Labute approximate surface area is 102 Å². The molecule has 0 aromatic carbocycles. The molecule has 1 saturated heterocycles. The van der Waals surface area contributed by atoms with Crippen molar-refractivity contribution >= 4 is 0 Å². The lowest BCUT2D eigenvalue weighted by Crippen LogP contribution is -2.55. The lowest BCUT2D eigenvalue weighted by atomic mass is 9.78. The highest BCUT2D eigenvalue weighted by atomic mass is 15.2. The summed E-state index contributed by atoms with van der Waals surface area (Å²) in [7, 11) is 2.26. The van der Waals surface area contributed by atoms with Crippen molar-refractivity contribution in [2.45, 2.75) is 40.5 Å². The minimum absolute atomic E-state index is 0.598. The van der Waals surface area contributed by atoms with Crippen LogP contribution in [-0.4, -0.2) is 49.6 Å². The Morgan fingerprint density at radius 2 is 1.94 bits per heavy atom. The van der Waals surface area contributed by atoms with Crippen LogP contribution in [0, 0.1) is 11.3 Å². The van der Waals surface area contributed by atoms with Crippen molar-refractivity contribution in [2.75, 3.05) is 39.8 Å². The van der Waals surface area contributed by atoms with Gasteiger partial charge in [-0.2, -0.15) is 0 Å². The Bertz CT molecular complexity index is 195. The van der Waals surface area contributed by atoms with E-state index in [1.165, 1.54) is 45.6 Å². The molecule has 0 bridgehead atoms. The molecule has 96 valence electrons. The van der Waals surface area contributed by atoms with E-state index < -0.39 is 0 Å². The maximum Gasteiger partial charge on any atom is 0.00483 e. The second kappa shape index (κ2) is 6.02. The fourth-order valence-electron chi connectivity index (χ4n) is 2.84. The van der Waals surface area contributed by atoms with Crippen LogP contribution in [0.4, 0.5) is 0 Å². The average molecular weight is 226 g/mol. The molecule has 0 unspecified atom stereocenters. The smallest absolute Gasteiger partial charge is 0.00483 e. The van der Waals surface area contributed by atoms with Crippen molar-refractivity contribution in [3.63, 3.8) is 0 Å². The Morgan fingerprint density at radius 3 is 2.44 bits per heavy atom. The maximum atomic E-state index is 2.59. The summed E-state index contributed by atoms with van der Waals surface area (Å²) >= 11 is 0. The van der Waals surface area contributed by atoms with Gasteiger partial charge in [0.05, 0.1) is 0 Å². The number of hydrogen-bond donors (Lipinski definition) is 0. The van der Waals surface area contributed by atoms with Crippen LogP contribution in [0.25, 0.3) is 0 Å². The molecule has 0 atom stereocenters. The van der Waals surface area contributed by atoms with E-state index in [1.807, 2.05) is 0 Å². The number of hydrogen-bond acceptors (Lipinski definition) is 2. The minimum Gasteiger partial charge on any atom is -0.306 e. The Kier molecular flexibility index (Phi) is 5.26. The van der Waals surface area contributed by atoms with Gasteiger partial charge in [0, 0.05) is 19.6 Å². The number of likely N-dealkylation sites (tertiary alicyclic amines) is 1. The van der Waals surface area contributed by atoms with Crippen LogP contribution in [0.2, 0.25) is 0 Å². The van der Waals surface area contributed by atoms with Crippen LogP contribution < -0.4 is 0 Å². The molecule has 2 nitrogen and oxygen atoms in total. The number of nitrogens with zero attached hydrogens (tertiary/aromatic N) is 2. The monoisotopic (exact) mass is 226 g/mol. The van der Waals surface area contributed by atoms with Crippen LogP contribution in [0.15, 0.2) is 0 Å². The van der Waals surface area contributed by atoms with Gasteiger partial charge < -0.3 is 9.80 Å². The van der Waals surface area contributed by atoms with Crippen molar-refractivity contribution in [1.29, 1.82) is 0 Å². The third kappa shape index (κ3) is 4.42. The van der Waals surface area contributed by atoms with Crippen molar-refractivity contribution in [2.24, 2.45) is 11.3 Å². The SMILES string of the molecule is CCCN1CC(C)(CCN(C)CC(C)C)C1. The van der Waals surface area contributed by atoms with Gasteiger partial charge in [0.15, 0.2) is 0 Å². The van der Waals surface area contributed by atoms with E-state index in [2.05, 4.69) is 44.5 Å².